The maximum atomic E-state index is 6.37. The van der Waals surface area contributed by atoms with Crippen LogP contribution in [0.2, 0.25) is 0 Å². The first-order valence-electron chi connectivity index (χ1n) is 12.2. The molecule has 0 N–H and O–H groups in total. The maximum absolute atomic E-state index is 6.37. The Hall–Kier alpha value is -4.82. The van der Waals surface area contributed by atoms with Crippen molar-refractivity contribution in [1.29, 1.82) is 0 Å². The lowest BCUT2D eigenvalue weighted by atomic mass is 9.96. The van der Waals surface area contributed by atoms with Gasteiger partial charge in [0.1, 0.15) is 22.3 Å². The predicted octanol–water partition coefficient (Wildman–Crippen LogP) is 9.97. The van der Waals surface area contributed by atoms with Crippen LogP contribution in [0.15, 0.2) is 130 Å². The molecule has 2 nitrogen and oxygen atoms in total. The van der Waals surface area contributed by atoms with Crippen LogP contribution in [-0.4, -0.2) is 0 Å². The molecule has 2 heterocycles. The van der Waals surface area contributed by atoms with Gasteiger partial charge in [0.25, 0.3) is 0 Å². The van der Waals surface area contributed by atoms with E-state index in [1.807, 2.05) is 12.1 Å². The van der Waals surface area contributed by atoms with Crippen LogP contribution in [0.3, 0.4) is 0 Å². The Morgan fingerprint density at radius 1 is 0.361 bits per heavy atom. The van der Waals surface area contributed by atoms with Crippen LogP contribution in [0.5, 0.6) is 0 Å². The average molecular weight is 461 g/mol. The molecule has 8 rings (SSSR count). The Kier molecular flexibility index (Phi) is 3.97. The molecule has 0 unspecified atom stereocenters. The summed E-state index contributed by atoms with van der Waals surface area (Å²) < 4.78 is 12.7. The van der Waals surface area contributed by atoms with Crippen molar-refractivity contribution in [2.75, 3.05) is 0 Å². The Morgan fingerprint density at radius 2 is 0.806 bits per heavy atom. The van der Waals surface area contributed by atoms with Gasteiger partial charge in [-0.3, -0.25) is 0 Å². The molecule has 2 aromatic heterocycles. The fourth-order valence-corrected chi connectivity index (χ4v) is 5.61. The highest BCUT2D eigenvalue weighted by atomic mass is 16.3. The summed E-state index contributed by atoms with van der Waals surface area (Å²) in [6, 6.07) is 42.4. The van der Waals surface area contributed by atoms with Crippen molar-refractivity contribution in [3.05, 3.63) is 121 Å². The number of benzene rings is 6. The van der Waals surface area contributed by atoms with Crippen molar-refractivity contribution in [1.82, 2.24) is 0 Å². The molecule has 0 bridgehead atoms. The van der Waals surface area contributed by atoms with Crippen LogP contribution in [0.25, 0.3) is 76.9 Å². The maximum Gasteiger partial charge on any atom is 0.136 e. The smallest absolute Gasteiger partial charge is 0.136 e. The van der Waals surface area contributed by atoms with Crippen molar-refractivity contribution >= 4 is 54.6 Å². The van der Waals surface area contributed by atoms with Crippen LogP contribution in [-0.2, 0) is 0 Å². The lowest BCUT2D eigenvalue weighted by Crippen LogP contribution is -1.80. The highest BCUT2D eigenvalue weighted by Crippen LogP contribution is 2.41. The summed E-state index contributed by atoms with van der Waals surface area (Å²) in [5.74, 6) is 0. The van der Waals surface area contributed by atoms with Crippen LogP contribution >= 0.6 is 0 Å². The molecule has 0 atom stereocenters. The standard InChI is InChI=1S/C34H20O2/c1-3-9-21(10-4-1)25-13-7-15-29-33(25)27-17-23-20-32-28(18-24(23)19-31(27)35-29)34-26(14-8-16-30(34)36-32)22-11-5-2-6-12-22/h1-20H. The summed E-state index contributed by atoms with van der Waals surface area (Å²) >= 11 is 0. The SMILES string of the molecule is c1ccc(-c2cccc3oc4cc5cc6c(cc5cc4c23)oc2cccc(-c3ccccc3)c26)cc1. The Labute approximate surface area is 207 Å². The van der Waals surface area contributed by atoms with Crippen molar-refractivity contribution < 1.29 is 8.83 Å². The molecule has 0 amide bonds. The van der Waals surface area contributed by atoms with Crippen LogP contribution in [0, 0.1) is 0 Å². The predicted molar refractivity (Wildman–Crippen MR) is 149 cm³/mol. The normalized spacial score (nSPS) is 11.9. The Balaban J connectivity index is 1.43. The molecule has 0 aliphatic carbocycles. The summed E-state index contributed by atoms with van der Waals surface area (Å²) in [6.07, 6.45) is 0. The van der Waals surface area contributed by atoms with E-state index in [-0.39, 0.29) is 0 Å². The molecule has 0 radical (unpaired) electrons. The van der Waals surface area contributed by atoms with Crippen molar-refractivity contribution in [3.63, 3.8) is 0 Å². The first-order chi connectivity index (χ1) is 17.8. The van der Waals surface area contributed by atoms with E-state index in [1.165, 1.54) is 22.3 Å². The fraction of sp³-hybridized carbons (Fsp3) is 0. The van der Waals surface area contributed by atoms with Gasteiger partial charge in [-0.05, 0) is 69.4 Å². The van der Waals surface area contributed by atoms with Gasteiger partial charge in [0.15, 0.2) is 0 Å². The highest BCUT2D eigenvalue weighted by molar-refractivity contribution is 6.19. The van der Waals surface area contributed by atoms with Crippen LogP contribution < -0.4 is 0 Å². The molecule has 168 valence electrons. The molecule has 0 saturated carbocycles. The van der Waals surface area contributed by atoms with Crippen LogP contribution in [0.4, 0.5) is 0 Å². The van der Waals surface area contributed by atoms with Gasteiger partial charge in [-0.1, -0.05) is 84.9 Å². The number of fused-ring (bicyclic) bond motifs is 7. The monoisotopic (exact) mass is 460 g/mol. The lowest BCUT2D eigenvalue weighted by Gasteiger charge is -2.05. The first-order valence-corrected chi connectivity index (χ1v) is 12.2. The molecule has 0 aliphatic heterocycles. The van der Waals surface area contributed by atoms with E-state index in [4.69, 9.17) is 8.83 Å². The van der Waals surface area contributed by atoms with Gasteiger partial charge >= 0.3 is 0 Å². The molecule has 0 spiro atoms. The van der Waals surface area contributed by atoms with Crippen molar-refractivity contribution in [3.8, 4) is 22.3 Å². The van der Waals surface area contributed by atoms with Gasteiger partial charge in [-0.15, -0.1) is 0 Å². The molecule has 36 heavy (non-hydrogen) atoms. The van der Waals surface area contributed by atoms with Crippen molar-refractivity contribution in [2.45, 2.75) is 0 Å². The van der Waals surface area contributed by atoms with Gasteiger partial charge in [0.05, 0.1) is 0 Å². The third-order valence-electron chi connectivity index (χ3n) is 7.24. The van der Waals surface area contributed by atoms with Gasteiger partial charge in [0, 0.05) is 21.5 Å². The quantitative estimate of drug-likeness (QED) is 0.256. The number of furan rings is 2. The average Bonchev–Trinajstić information content (AvgIpc) is 3.48. The minimum absolute atomic E-state index is 0.899. The van der Waals surface area contributed by atoms with Gasteiger partial charge in [0.2, 0.25) is 0 Å². The fourth-order valence-electron chi connectivity index (χ4n) is 5.61. The summed E-state index contributed by atoms with van der Waals surface area (Å²) in [5.41, 5.74) is 8.35. The van der Waals surface area contributed by atoms with E-state index in [2.05, 4.69) is 109 Å². The zero-order valence-electron chi connectivity index (χ0n) is 19.4. The Morgan fingerprint density at radius 3 is 1.25 bits per heavy atom. The molecule has 0 aliphatic rings. The number of hydrogen-bond donors (Lipinski definition) is 0. The molecule has 0 fully saturated rings. The molecule has 0 saturated heterocycles. The Bertz CT molecular complexity index is 1920. The first kappa shape index (κ1) is 19.5. The zero-order chi connectivity index (χ0) is 23.6. The largest absolute Gasteiger partial charge is 0.456 e. The van der Waals surface area contributed by atoms with E-state index < -0.39 is 0 Å². The highest BCUT2D eigenvalue weighted by Gasteiger charge is 2.16. The number of rotatable bonds is 2. The van der Waals surface area contributed by atoms with Crippen LogP contribution in [0.1, 0.15) is 0 Å². The second kappa shape index (κ2) is 7.34. The minimum atomic E-state index is 0.899. The second-order valence-electron chi connectivity index (χ2n) is 9.34. The summed E-state index contributed by atoms with van der Waals surface area (Å²) in [6.45, 7) is 0. The lowest BCUT2D eigenvalue weighted by molar-refractivity contribution is 0.668. The molecular formula is C34H20O2. The second-order valence-corrected chi connectivity index (χ2v) is 9.34. The molecule has 8 aromatic rings. The van der Waals surface area contributed by atoms with E-state index in [0.29, 0.717) is 0 Å². The molecule has 2 heteroatoms. The molecular weight excluding hydrogens is 440 g/mol. The summed E-state index contributed by atoms with van der Waals surface area (Å²) in [5, 5.41) is 6.82. The third-order valence-corrected chi connectivity index (χ3v) is 7.24. The topological polar surface area (TPSA) is 26.3 Å². The third kappa shape index (κ3) is 2.79. The van der Waals surface area contributed by atoms with Gasteiger partial charge in [-0.25, -0.2) is 0 Å². The molecule has 6 aromatic carbocycles. The van der Waals surface area contributed by atoms with E-state index in [0.717, 1.165) is 54.6 Å². The van der Waals surface area contributed by atoms with E-state index in [1.54, 1.807) is 0 Å². The minimum Gasteiger partial charge on any atom is -0.456 e. The van der Waals surface area contributed by atoms with Crippen molar-refractivity contribution in [2.24, 2.45) is 0 Å². The van der Waals surface area contributed by atoms with Gasteiger partial charge in [-0.2, -0.15) is 0 Å². The van der Waals surface area contributed by atoms with E-state index >= 15 is 0 Å². The zero-order valence-corrected chi connectivity index (χ0v) is 19.4. The van der Waals surface area contributed by atoms with Gasteiger partial charge < -0.3 is 8.83 Å². The van der Waals surface area contributed by atoms with E-state index in [9.17, 15) is 0 Å². The summed E-state index contributed by atoms with van der Waals surface area (Å²) in [7, 11) is 0. The summed E-state index contributed by atoms with van der Waals surface area (Å²) in [4.78, 5) is 0. The number of hydrogen-bond acceptors (Lipinski definition) is 2.